The molecule has 3 heterocycles. The maximum Gasteiger partial charge on any atom is 0.417 e. The summed E-state index contributed by atoms with van der Waals surface area (Å²) >= 11 is 0. The van der Waals surface area contributed by atoms with Crippen molar-refractivity contribution in [3.63, 3.8) is 0 Å². The van der Waals surface area contributed by atoms with Crippen LogP contribution in [0, 0.1) is 18.6 Å². The van der Waals surface area contributed by atoms with Crippen molar-refractivity contribution in [1.29, 1.82) is 0 Å². The second-order valence-corrected chi connectivity index (χ2v) is 12.2. The Morgan fingerprint density at radius 1 is 1.08 bits per heavy atom. The van der Waals surface area contributed by atoms with Gasteiger partial charge in [-0.05, 0) is 49.9 Å². The van der Waals surface area contributed by atoms with Crippen LogP contribution < -0.4 is 15.8 Å². The molecule has 51 heavy (non-hydrogen) atoms. The fourth-order valence-corrected chi connectivity index (χ4v) is 6.55. The van der Waals surface area contributed by atoms with Gasteiger partial charge in [-0.25, -0.2) is 13.6 Å². The summed E-state index contributed by atoms with van der Waals surface area (Å²) in [6.07, 6.45) is -9.04. The SMILES string of the molecule is CC[C@@H](N1CCCc2c1cc(F)c(C(=O)N[C@@H](Cc1ccc(-c3c(C(F)(F)F)cc(C)n(C)c3=O)c3ncccc13)C(=O)OC)c2F)C(F)(F)F. The highest BCUT2D eigenvalue weighted by Crippen LogP contribution is 2.40. The van der Waals surface area contributed by atoms with Gasteiger partial charge in [0, 0.05) is 54.1 Å². The lowest BCUT2D eigenvalue weighted by atomic mass is 9.93. The van der Waals surface area contributed by atoms with Gasteiger partial charge in [0.25, 0.3) is 11.5 Å². The fraction of sp³-hybridized carbons (Fsp3) is 0.371. The standard InChI is InChI=1S/C35H32F8N4O4/c1-5-26(35(41,42)43)47-13-7-9-20-25(47)16-23(36)28(29(20)37)31(48)45-24(33(50)51-4)15-18-10-11-21(30-19(18)8-6-12-44-30)27-22(34(38,39)40)14-17(2)46(3)32(27)49/h6,8,10-12,14,16,24,26H,5,7,9,13,15H2,1-4H3,(H,45,48)/t24-,26+/m0/s1. The molecule has 2 atom stereocenters. The molecule has 0 saturated heterocycles. The number of carbonyl (C=O) groups is 2. The third-order valence-electron chi connectivity index (χ3n) is 9.12. The molecule has 0 saturated carbocycles. The molecule has 0 spiro atoms. The zero-order valence-electron chi connectivity index (χ0n) is 27.7. The van der Waals surface area contributed by atoms with Crippen molar-refractivity contribution in [3.8, 4) is 11.1 Å². The van der Waals surface area contributed by atoms with Crippen molar-refractivity contribution in [2.24, 2.45) is 7.05 Å². The van der Waals surface area contributed by atoms with E-state index in [-0.39, 0.29) is 64.8 Å². The number of amides is 1. The van der Waals surface area contributed by atoms with Crippen LogP contribution in [0.5, 0.6) is 0 Å². The van der Waals surface area contributed by atoms with Crippen LogP contribution in [0.4, 0.5) is 40.8 Å². The van der Waals surface area contributed by atoms with E-state index in [1.54, 1.807) is 0 Å². The number of halogens is 8. The van der Waals surface area contributed by atoms with Crippen molar-refractivity contribution in [3.05, 3.63) is 92.5 Å². The monoisotopic (exact) mass is 724 g/mol. The molecule has 0 unspecified atom stereocenters. The molecule has 1 aliphatic rings. The number of esters is 1. The Morgan fingerprint density at radius 2 is 1.78 bits per heavy atom. The second-order valence-electron chi connectivity index (χ2n) is 12.2. The third-order valence-corrected chi connectivity index (χ3v) is 9.12. The number of aromatic nitrogens is 2. The molecule has 2 aromatic heterocycles. The van der Waals surface area contributed by atoms with E-state index in [4.69, 9.17) is 4.74 Å². The molecule has 8 nitrogen and oxygen atoms in total. The molecular weight excluding hydrogens is 692 g/mol. The largest absolute Gasteiger partial charge is 0.467 e. The Morgan fingerprint density at radius 3 is 2.41 bits per heavy atom. The van der Waals surface area contributed by atoms with Crippen molar-refractivity contribution < 1.29 is 49.4 Å². The van der Waals surface area contributed by atoms with Gasteiger partial charge in [0.05, 0.1) is 23.8 Å². The summed E-state index contributed by atoms with van der Waals surface area (Å²) in [5, 5.41) is 2.45. The summed E-state index contributed by atoms with van der Waals surface area (Å²) in [6, 6.07) is 3.40. The van der Waals surface area contributed by atoms with Crippen LogP contribution in [0.3, 0.4) is 0 Å². The molecule has 1 aliphatic heterocycles. The van der Waals surface area contributed by atoms with Crippen LogP contribution in [0.15, 0.2) is 47.4 Å². The molecule has 0 bridgehead atoms. The Hall–Kier alpha value is -5.02. The summed E-state index contributed by atoms with van der Waals surface area (Å²) in [5.41, 5.74) is -4.34. The van der Waals surface area contributed by atoms with Gasteiger partial charge in [-0.15, -0.1) is 0 Å². The number of methoxy groups -OCH3 is 1. The minimum atomic E-state index is -4.90. The van der Waals surface area contributed by atoms with Gasteiger partial charge in [-0.3, -0.25) is 14.6 Å². The van der Waals surface area contributed by atoms with Gasteiger partial charge < -0.3 is 19.5 Å². The van der Waals surface area contributed by atoms with E-state index >= 15 is 8.78 Å². The van der Waals surface area contributed by atoms with Gasteiger partial charge in [-0.1, -0.05) is 25.1 Å². The predicted molar refractivity (Wildman–Crippen MR) is 171 cm³/mol. The number of alkyl halides is 6. The maximum absolute atomic E-state index is 15.8. The molecular formula is C35H32F8N4O4. The van der Waals surface area contributed by atoms with Crippen LogP contribution >= 0.6 is 0 Å². The van der Waals surface area contributed by atoms with Gasteiger partial charge in [0.2, 0.25) is 0 Å². The summed E-state index contributed by atoms with van der Waals surface area (Å²) in [7, 11) is 2.32. The van der Waals surface area contributed by atoms with E-state index < -0.39 is 76.6 Å². The Labute approximate surface area is 286 Å². The minimum absolute atomic E-state index is 0.0306. The minimum Gasteiger partial charge on any atom is -0.467 e. The van der Waals surface area contributed by atoms with E-state index in [1.807, 2.05) is 0 Å². The van der Waals surface area contributed by atoms with E-state index in [1.165, 1.54) is 51.4 Å². The van der Waals surface area contributed by atoms with Crippen molar-refractivity contribution in [1.82, 2.24) is 14.9 Å². The van der Waals surface area contributed by atoms with Crippen LogP contribution in [-0.2, 0) is 35.6 Å². The van der Waals surface area contributed by atoms with Crippen molar-refractivity contribution in [2.45, 2.75) is 64.0 Å². The number of anilines is 1. The van der Waals surface area contributed by atoms with E-state index in [9.17, 15) is 40.7 Å². The first-order valence-corrected chi connectivity index (χ1v) is 15.8. The Kier molecular flexibility index (Phi) is 10.2. The number of hydrogen-bond donors (Lipinski definition) is 1. The van der Waals surface area contributed by atoms with Crippen molar-refractivity contribution in [2.75, 3.05) is 18.6 Å². The number of hydrogen-bond acceptors (Lipinski definition) is 6. The van der Waals surface area contributed by atoms with Crippen LogP contribution in [-0.4, -0.2) is 53.3 Å². The molecule has 272 valence electrons. The highest BCUT2D eigenvalue weighted by Gasteiger charge is 2.44. The number of benzene rings is 2. The van der Waals surface area contributed by atoms with Crippen LogP contribution in [0.2, 0.25) is 0 Å². The zero-order valence-corrected chi connectivity index (χ0v) is 27.7. The highest BCUT2D eigenvalue weighted by molar-refractivity contribution is 5.99. The number of ether oxygens (including phenoxy) is 1. The Balaban J connectivity index is 1.54. The first kappa shape index (κ1) is 37.2. The number of aryl methyl sites for hydroxylation is 1. The van der Waals surface area contributed by atoms with E-state index in [2.05, 4.69) is 10.3 Å². The number of carbonyl (C=O) groups excluding carboxylic acids is 2. The Bertz CT molecular complexity index is 2080. The molecule has 5 rings (SSSR count). The third kappa shape index (κ3) is 7.00. The second kappa shape index (κ2) is 13.9. The number of nitrogens with one attached hydrogen (secondary N) is 1. The quantitative estimate of drug-likeness (QED) is 0.159. The number of nitrogens with zero attached hydrogens (tertiary/aromatic N) is 3. The number of pyridine rings is 2. The smallest absolute Gasteiger partial charge is 0.417 e. The first-order valence-electron chi connectivity index (χ1n) is 15.8. The lowest BCUT2D eigenvalue weighted by molar-refractivity contribution is -0.149. The molecule has 0 aliphatic carbocycles. The summed E-state index contributed by atoms with van der Waals surface area (Å²) in [5.74, 6) is -5.25. The summed E-state index contributed by atoms with van der Waals surface area (Å²) in [4.78, 5) is 44.6. The maximum atomic E-state index is 15.8. The van der Waals surface area contributed by atoms with Gasteiger partial charge in [0.15, 0.2) is 0 Å². The number of fused-ring (bicyclic) bond motifs is 2. The highest BCUT2D eigenvalue weighted by atomic mass is 19.4. The van der Waals surface area contributed by atoms with Crippen LogP contribution in [0.1, 0.15) is 52.5 Å². The molecule has 1 N–H and O–H groups in total. The molecule has 2 aromatic carbocycles. The van der Waals surface area contributed by atoms with Crippen molar-refractivity contribution >= 4 is 28.5 Å². The lowest BCUT2D eigenvalue weighted by Crippen LogP contribution is -2.48. The molecule has 0 radical (unpaired) electrons. The molecule has 0 fully saturated rings. The summed E-state index contributed by atoms with van der Waals surface area (Å²) in [6.45, 7) is 2.54. The molecule has 16 heteroatoms. The fourth-order valence-electron chi connectivity index (χ4n) is 6.55. The molecule has 1 amide bonds. The topological polar surface area (TPSA) is 93.5 Å². The van der Waals surface area contributed by atoms with Gasteiger partial charge >= 0.3 is 18.3 Å². The lowest BCUT2D eigenvalue weighted by Gasteiger charge is -2.38. The van der Waals surface area contributed by atoms with Gasteiger partial charge in [0.1, 0.15) is 29.3 Å². The molecule has 4 aromatic rings. The van der Waals surface area contributed by atoms with Crippen LogP contribution in [0.25, 0.3) is 22.0 Å². The van der Waals surface area contributed by atoms with E-state index in [0.717, 1.165) is 22.6 Å². The zero-order chi connectivity index (χ0) is 37.6. The predicted octanol–water partition coefficient (Wildman–Crippen LogP) is 6.81. The average Bonchev–Trinajstić information content (AvgIpc) is 3.06. The van der Waals surface area contributed by atoms with E-state index in [0.29, 0.717) is 6.07 Å². The normalized spacial score (nSPS) is 14.6. The number of rotatable bonds is 8. The van der Waals surface area contributed by atoms with Gasteiger partial charge in [-0.2, -0.15) is 26.3 Å². The summed E-state index contributed by atoms with van der Waals surface area (Å²) < 4.78 is 121. The average molecular weight is 725 g/mol. The first-order chi connectivity index (χ1) is 23.9.